The predicted octanol–water partition coefficient (Wildman–Crippen LogP) is 4.02. The molecule has 0 bridgehead atoms. The van der Waals surface area contributed by atoms with Crippen molar-refractivity contribution in [3.8, 4) is 17.2 Å². The number of thioether (sulfide) groups is 2. The second kappa shape index (κ2) is 13.0. The van der Waals surface area contributed by atoms with Crippen molar-refractivity contribution in [2.45, 2.75) is 21.4 Å². The van der Waals surface area contributed by atoms with Crippen molar-refractivity contribution in [3.63, 3.8) is 0 Å². The lowest BCUT2D eigenvalue weighted by Gasteiger charge is -2.13. The van der Waals surface area contributed by atoms with E-state index < -0.39 is 5.97 Å². The zero-order valence-corrected chi connectivity index (χ0v) is 21.1. The highest BCUT2D eigenvalue weighted by Crippen LogP contribution is 2.38. The van der Waals surface area contributed by atoms with Gasteiger partial charge in [0.25, 0.3) is 5.91 Å². The molecule has 0 unspecified atom stereocenters. The van der Waals surface area contributed by atoms with E-state index in [0.29, 0.717) is 21.4 Å². The van der Waals surface area contributed by atoms with Crippen molar-refractivity contribution in [2.75, 3.05) is 20.0 Å². The number of hydrogen-bond acceptors (Lipinski definition) is 11. The van der Waals surface area contributed by atoms with Gasteiger partial charge in [-0.3, -0.25) is 9.59 Å². The molecule has 12 heteroatoms. The molecule has 0 saturated heterocycles. The van der Waals surface area contributed by atoms with Crippen molar-refractivity contribution < 1.29 is 23.8 Å². The van der Waals surface area contributed by atoms with Crippen molar-refractivity contribution >= 4 is 53.0 Å². The zero-order valence-electron chi connectivity index (χ0n) is 18.6. The van der Waals surface area contributed by atoms with Gasteiger partial charge in [0.2, 0.25) is 5.75 Å². The number of hydrogen-bond donors (Lipinski definition) is 1. The average Bonchev–Trinajstić information content (AvgIpc) is 3.30. The average molecular weight is 519 g/mol. The molecule has 0 aliphatic heterocycles. The van der Waals surface area contributed by atoms with Gasteiger partial charge < -0.3 is 14.2 Å². The third-order valence-corrected chi connectivity index (χ3v) is 7.31. The molecular weight excluding hydrogens is 496 g/mol. The molecule has 0 saturated carbocycles. The number of benzene rings is 2. The quantitative estimate of drug-likeness (QED) is 0.132. The minimum Gasteiger partial charge on any atom is -0.493 e. The van der Waals surface area contributed by atoms with Crippen LogP contribution in [-0.4, -0.2) is 48.3 Å². The molecule has 0 spiro atoms. The highest BCUT2D eigenvalue weighted by Gasteiger charge is 2.16. The first-order valence-corrected chi connectivity index (χ1v) is 12.7. The summed E-state index contributed by atoms with van der Waals surface area (Å²) < 4.78 is 17.2. The number of hydrazone groups is 1. The van der Waals surface area contributed by atoms with Gasteiger partial charge in [0, 0.05) is 18.2 Å². The first kappa shape index (κ1) is 25.5. The normalized spacial score (nSPS) is 10.8. The largest absolute Gasteiger partial charge is 0.493 e. The van der Waals surface area contributed by atoms with Gasteiger partial charge in [-0.25, -0.2) is 5.43 Å². The van der Waals surface area contributed by atoms with Gasteiger partial charge in [0.05, 0.1) is 26.2 Å². The maximum Gasteiger partial charge on any atom is 0.308 e. The van der Waals surface area contributed by atoms with Gasteiger partial charge in [0.1, 0.15) is 0 Å². The van der Waals surface area contributed by atoms with E-state index in [1.807, 2.05) is 18.2 Å². The second-order valence-corrected chi connectivity index (χ2v) is 9.96. The fourth-order valence-electron chi connectivity index (χ4n) is 2.59. The predicted molar refractivity (Wildman–Crippen MR) is 133 cm³/mol. The molecule has 34 heavy (non-hydrogen) atoms. The van der Waals surface area contributed by atoms with Crippen LogP contribution in [0.1, 0.15) is 18.1 Å². The molecule has 0 atom stereocenters. The smallest absolute Gasteiger partial charge is 0.308 e. The topological polar surface area (TPSA) is 112 Å². The van der Waals surface area contributed by atoms with E-state index in [0.717, 1.165) is 10.1 Å². The van der Waals surface area contributed by atoms with E-state index in [2.05, 4.69) is 32.9 Å². The molecule has 1 heterocycles. The van der Waals surface area contributed by atoms with Crippen LogP contribution in [0.25, 0.3) is 0 Å². The molecule has 3 aromatic rings. The number of carbonyl (C=O) groups excluding carboxylic acids is 2. The third-order valence-electron chi connectivity index (χ3n) is 4.05. The third kappa shape index (κ3) is 7.75. The van der Waals surface area contributed by atoms with Gasteiger partial charge in [-0.2, -0.15) is 5.10 Å². The van der Waals surface area contributed by atoms with E-state index in [-0.39, 0.29) is 17.4 Å². The standard InChI is InChI=1S/C22H22N4O5S3/c1-14(27)31-20-17(29-2)9-16(10-18(20)30-3)11-23-24-19(28)13-33-22-26-25-21(34-22)32-12-15-7-5-4-6-8-15/h4-11H,12-13H2,1-3H3,(H,24,28)/b23-11+. The van der Waals surface area contributed by atoms with Gasteiger partial charge >= 0.3 is 5.97 Å². The highest BCUT2D eigenvalue weighted by atomic mass is 32.2. The van der Waals surface area contributed by atoms with Crippen LogP contribution in [-0.2, 0) is 15.3 Å². The number of methoxy groups -OCH3 is 2. The maximum absolute atomic E-state index is 12.1. The number of nitrogens with zero attached hydrogens (tertiary/aromatic N) is 3. The Morgan fingerprint density at radius 1 is 1.06 bits per heavy atom. The second-order valence-electron chi connectivity index (χ2n) is 6.54. The number of rotatable bonds is 11. The Balaban J connectivity index is 1.50. The molecule has 0 aliphatic rings. The number of aromatic nitrogens is 2. The Bertz CT molecular complexity index is 1130. The number of ether oxygens (including phenoxy) is 3. The molecule has 1 N–H and O–H groups in total. The first-order valence-electron chi connectivity index (χ1n) is 9.88. The van der Waals surface area contributed by atoms with Crippen LogP contribution in [0.5, 0.6) is 17.2 Å². The number of amides is 1. The van der Waals surface area contributed by atoms with E-state index in [1.54, 1.807) is 23.9 Å². The Morgan fingerprint density at radius 2 is 1.71 bits per heavy atom. The number of carbonyl (C=O) groups is 2. The molecule has 3 rings (SSSR count). The highest BCUT2D eigenvalue weighted by molar-refractivity contribution is 8.03. The SMILES string of the molecule is COc1cc(/C=N/NC(=O)CSc2nnc(SCc3ccccc3)s2)cc(OC)c1OC(C)=O. The molecule has 9 nitrogen and oxygen atoms in total. The van der Waals surface area contributed by atoms with Gasteiger partial charge in [-0.15, -0.1) is 10.2 Å². The maximum atomic E-state index is 12.1. The Labute approximate surface area is 209 Å². The molecule has 0 aliphatic carbocycles. The lowest BCUT2D eigenvalue weighted by Crippen LogP contribution is -2.19. The van der Waals surface area contributed by atoms with Gasteiger partial charge in [-0.1, -0.05) is 65.2 Å². The lowest BCUT2D eigenvalue weighted by molar-refractivity contribution is -0.132. The van der Waals surface area contributed by atoms with Crippen LogP contribution >= 0.6 is 34.9 Å². The molecular formula is C22H22N4O5S3. The first-order chi connectivity index (χ1) is 16.5. The molecule has 1 amide bonds. The van der Waals surface area contributed by atoms with Crippen LogP contribution in [0.15, 0.2) is 56.2 Å². The van der Waals surface area contributed by atoms with Crippen LogP contribution in [0.4, 0.5) is 0 Å². The van der Waals surface area contributed by atoms with Crippen molar-refractivity contribution in [1.82, 2.24) is 15.6 Å². The summed E-state index contributed by atoms with van der Waals surface area (Å²) in [5.41, 5.74) is 4.27. The lowest BCUT2D eigenvalue weighted by atomic mass is 10.2. The van der Waals surface area contributed by atoms with E-state index in [4.69, 9.17) is 14.2 Å². The summed E-state index contributed by atoms with van der Waals surface area (Å²) in [7, 11) is 2.89. The van der Waals surface area contributed by atoms with Crippen molar-refractivity contribution in [2.24, 2.45) is 5.10 Å². The summed E-state index contributed by atoms with van der Waals surface area (Å²) in [6.07, 6.45) is 1.44. The summed E-state index contributed by atoms with van der Waals surface area (Å²) in [5.74, 6) is 0.948. The zero-order chi connectivity index (χ0) is 24.3. The molecule has 178 valence electrons. The van der Waals surface area contributed by atoms with E-state index in [9.17, 15) is 9.59 Å². The summed E-state index contributed by atoms with van der Waals surface area (Å²) >= 11 is 4.35. The van der Waals surface area contributed by atoms with Crippen LogP contribution < -0.4 is 19.6 Å². The minimum atomic E-state index is -0.500. The summed E-state index contributed by atoms with van der Waals surface area (Å²) in [5, 5.41) is 12.3. The Morgan fingerprint density at radius 3 is 2.32 bits per heavy atom. The van der Waals surface area contributed by atoms with Crippen LogP contribution in [0.2, 0.25) is 0 Å². The van der Waals surface area contributed by atoms with Gasteiger partial charge in [-0.05, 0) is 17.7 Å². The molecule has 0 radical (unpaired) electrons. The summed E-state index contributed by atoms with van der Waals surface area (Å²) in [4.78, 5) is 23.5. The summed E-state index contributed by atoms with van der Waals surface area (Å²) in [6.45, 7) is 1.29. The monoisotopic (exact) mass is 518 g/mol. The molecule has 0 fully saturated rings. The van der Waals surface area contributed by atoms with E-state index in [1.165, 1.54) is 56.0 Å². The Hall–Kier alpha value is -3.09. The van der Waals surface area contributed by atoms with E-state index >= 15 is 0 Å². The fraction of sp³-hybridized carbons (Fsp3) is 0.227. The summed E-state index contributed by atoms with van der Waals surface area (Å²) in [6, 6.07) is 13.3. The Kier molecular flexibility index (Phi) is 9.74. The van der Waals surface area contributed by atoms with Crippen molar-refractivity contribution in [1.29, 1.82) is 0 Å². The van der Waals surface area contributed by atoms with Crippen molar-refractivity contribution in [3.05, 3.63) is 53.6 Å². The fourth-order valence-corrected chi connectivity index (χ4v) is 5.36. The minimum absolute atomic E-state index is 0.146. The van der Waals surface area contributed by atoms with Gasteiger partial charge in [0.15, 0.2) is 20.2 Å². The molecule has 2 aromatic carbocycles. The van der Waals surface area contributed by atoms with Crippen LogP contribution in [0, 0.1) is 0 Å². The molecule has 1 aromatic heterocycles. The van der Waals surface area contributed by atoms with Crippen LogP contribution in [0.3, 0.4) is 0 Å². The number of esters is 1. The number of nitrogens with one attached hydrogen (secondary N) is 1.